The van der Waals surface area contributed by atoms with Crippen molar-refractivity contribution >= 4 is 33.1 Å². The molecule has 6 rings (SSSR count). The summed E-state index contributed by atoms with van der Waals surface area (Å²) in [5, 5.41) is 7.20. The quantitative estimate of drug-likeness (QED) is 0.324. The third-order valence-corrected chi connectivity index (χ3v) is 5.22. The van der Waals surface area contributed by atoms with Gasteiger partial charge in [0.2, 0.25) is 0 Å². The van der Waals surface area contributed by atoms with Gasteiger partial charge < -0.3 is 9.73 Å². The maximum absolute atomic E-state index is 6.42. The molecular formula is C24H15NO. The molecule has 1 aliphatic rings. The summed E-state index contributed by atoms with van der Waals surface area (Å²) < 4.78 is 6.42. The third-order valence-electron chi connectivity index (χ3n) is 5.22. The van der Waals surface area contributed by atoms with Crippen molar-refractivity contribution in [3.63, 3.8) is 0 Å². The minimum Gasteiger partial charge on any atom is -0.455 e. The summed E-state index contributed by atoms with van der Waals surface area (Å²) in [4.78, 5) is 0. The lowest BCUT2D eigenvalue weighted by Gasteiger charge is -2.12. The zero-order valence-electron chi connectivity index (χ0n) is 14.0. The van der Waals surface area contributed by atoms with E-state index in [2.05, 4.69) is 78.1 Å². The van der Waals surface area contributed by atoms with Crippen molar-refractivity contribution in [1.82, 2.24) is 0 Å². The smallest absolute Gasteiger partial charge is 0.146 e. The van der Waals surface area contributed by atoms with Crippen molar-refractivity contribution in [1.29, 1.82) is 0 Å². The Bertz CT molecular complexity index is 1310. The lowest BCUT2D eigenvalue weighted by molar-refractivity contribution is 0.633. The van der Waals surface area contributed by atoms with Gasteiger partial charge in [-0.1, -0.05) is 66.7 Å². The van der Waals surface area contributed by atoms with Crippen LogP contribution in [0.2, 0.25) is 0 Å². The van der Waals surface area contributed by atoms with Gasteiger partial charge in [0.25, 0.3) is 0 Å². The highest BCUT2D eigenvalue weighted by molar-refractivity contribution is 6.13. The number of hydrogen-bond acceptors (Lipinski definition) is 2. The highest BCUT2D eigenvalue weighted by atomic mass is 16.3. The third kappa shape index (κ3) is 1.76. The Labute approximate surface area is 150 Å². The van der Waals surface area contributed by atoms with Crippen molar-refractivity contribution in [2.75, 3.05) is 5.32 Å². The van der Waals surface area contributed by atoms with Crippen LogP contribution in [0.5, 0.6) is 0 Å². The molecule has 1 aromatic heterocycles. The van der Waals surface area contributed by atoms with Crippen LogP contribution < -0.4 is 5.32 Å². The van der Waals surface area contributed by atoms with Gasteiger partial charge in [0, 0.05) is 27.8 Å². The highest BCUT2D eigenvalue weighted by Gasteiger charge is 2.26. The van der Waals surface area contributed by atoms with E-state index >= 15 is 0 Å². The van der Waals surface area contributed by atoms with Crippen LogP contribution in [0.1, 0.15) is 0 Å². The molecular weight excluding hydrogens is 318 g/mol. The maximum atomic E-state index is 6.42. The molecule has 4 aromatic carbocycles. The van der Waals surface area contributed by atoms with Crippen molar-refractivity contribution in [2.24, 2.45) is 0 Å². The average molecular weight is 333 g/mol. The first-order valence-corrected chi connectivity index (χ1v) is 8.80. The molecule has 26 heavy (non-hydrogen) atoms. The van der Waals surface area contributed by atoms with E-state index in [-0.39, 0.29) is 0 Å². The second kappa shape index (κ2) is 4.99. The fourth-order valence-electron chi connectivity index (χ4n) is 4.06. The fourth-order valence-corrected chi connectivity index (χ4v) is 4.06. The maximum Gasteiger partial charge on any atom is 0.146 e. The minimum atomic E-state index is 0.924. The van der Waals surface area contributed by atoms with Gasteiger partial charge in [-0.25, -0.2) is 0 Å². The van der Waals surface area contributed by atoms with E-state index in [0.29, 0.717) is 0 Å². The molecule has 1 N–H and O–H groups in total. The van der Waals surface area contributed by atoms with Crippen LogP contribution in [0, 0.1) is 0 Å². The summed E-state index contributed by atoms with van der Waals surface area (Å²) in [6.45, 7) is 0. The van der Waals surface area contributed by atoms with Crippen LogP contribution in [0.15, 0.2) is 89.3 Å². The van der Waals surface area contributed by atoms with Crippen LogP contribution in [-0.2, 0) is 0 Å². The Hall–Kier alpha value is -3.52. The van der Waals surface area contributed by atoms with E-state index in [1.165, 1.54) is 21.9 Å². The van der Waals surface area contributed by atoms with E-state index in [9.17, 15) is 0 Å². The molecule has 122 valence electrons. The first kappa shape index (κ1) is 13.7. The molecule has 0 atom stereocenters. The summed E-state index contributed by atoms with van der Waals surface area (Å²) in [5.41, 5.74) is 6.58. The Morgan fingerprint density at radius 3 is 2.31 bits per heavy atom. The predicted octanol–water partition coefficient (Wildman–Crippen LogP) is 6.98. The predicted molar refractivity (Wildman–Crippen MR) is 108 cm³/mol. The topological polar surface area (TPSA) is 25.2 Å². The second-order valence-electron chi connectivity index (χ2n) is 6.68. The van der Waals surface area contributed by atoms with Crippen LogP contribution >= 0.6 is 0 Å². The van der Waals surface area contributed by atoms with Crippen LogP contribution in [-0.4, -0.2) is 0 Å². The van der Waals surface area contributed by atoms with Crippen LogP contribution in [0.3, 0.4) is 0 Å². The molecule has 0 fully saturated rings. The molecule has 0 bridgehead atoms. The van der Waals surface area contributed by atoms with Gasteiger partial charge in [-0.05, 0) is 29.0 Å². The Kier molecular flexibility index (Phi) is 2.64. The Morgan fingerprint density at radius 1 is 0.577 bits per heavy atom. The van der Waals surface area contributed by atoms with E-state index < -0.39 is 0 Å². The zero-order valence-corrected chi connectivity index (χ0v) is 14.0. The van der Waals surface area contributed by atoms with Crippen LogP contribution in [0.25, 0.3) is 44.2 Å². The van der Waals surface area contributed by atoms with Gasteiger partial charge in [0.1, 0.15) is 11.3 Å². The van der Waals surface area contributed by atoms with Gasteiger partial charge in [-0.15, -0.1) is 0 Å². The van der Waals surface area contributed by atoms with Gasteiger partial charge in [-0.3, -0.25) is 0 Å². The Balaban J connectivity index is 1.86. The second-order valence-corrected chi connectivity index (χ2v) is 6.68. The SMILES string of the molecule is c1ccc2c(c1)Nc1ccc3ccccc3c1-c1oc3ccccc3c1-2. The molecule has 2 heterocycles. The number of hydrogen-bond donors (Lipinski definition) is 1. The van der Waals surface area contributed by atoms with Crippen molar-refractivity contribution in [3.05, 3.63) is 84.9 Å². The Morgan fingerprint density at radius 2 is 1.35 bits per heavy atom. The van der Waals surface area contributed by atoms with E-state index in [1.54, 1.807) is 0 Å². The molecule has 2 heteroatoms. The first-order valence-electron chi connectivity index (χ1n) is 8.80. The van der Waals surface area contributed by atoms with Gasteiger partial charge in [-0.2, -0.15) is 0 Å². The summed E-state index contributed by atoms with van der Waals surface area (Å²) in [6.07, 6.45) is 0. The number of anilines is 2. The molecule has 0 radical (unpaired) electrons. The van der Waals surface area contributed by atoms with Crippen LogP contribution in [0.4, 0.5) is 11.4 Å². The summed E-state index contributed by atoms with van der Waals surface area (Å²) in [6, 6.07) is 29.5. The lowest BCUT2D eigenvalue weighted by Crippen LogP contribution is -1.92. The molecule has 0 saturated carbocycles. The summed E-state index contributed by atoms with van der Waals surface area (Å²) >= 11 is 0. The zero-order chi connectivity index (χ0) is 17.1. The molecule has 1 aliphatic heterocycles. The molecule has 0 aliphatic carbocycles. The number of fused-ring (bicyclic) bond motifs is 9. The summed E-state index contributed by atoms with van der Waals surface area (Å²) in [5.74, 6) is 0.940. The molecule has 0 amide bonds. The molecule has 0 saturated heterocycles. The molecule has 2 nitrogen and oxygen atoms in total. The van der Waals surface area contributed by atoms with E-state index in [1.807, 2.05) is 12.1 Å². The van der Waals surface area contributed by atoms with Crippen molar-refractivity contribution in [3.8, 4) is 22.5 Å². The number of furan rings is 1. The number of rotatable bonds is 0. The molecule has 0 unspecified atom stereocenters. The van der Waals surface area contributed by atoms with Gasteiger partial charge in [0.15, 0.2) is 0 Å². The number of nitrogens with one attached hydrogen (secondary N) is 1. The van der Waals surface area contributed by atoms with Crippen molar-refractivity contribution < 1.29 is 4.42 Å². The van der Waals surface area contributed by atoms with E-state index in [4.69, 9.17) is 4.42 Å². The normalized spacial score (nSPS) is 12.2. The fraction of sp³-hybridized carbons (Fsp3) is 0. The van der Waals surface area contributed by atoms with Gasteiger partial charge >= 0.3 is 0 Å². The number of benzene rings is 4. The van der Waals surface area contributed by atoms with Gasteiger partial charge in [0.05, 0.1) is 5.69 Å². The lowest BCUT2D eigenvalue weighted by atomic mass is 9.95. The largest absolute Gasteiger partial charge is 0.455 e. The minimum absolute atomic E-state index is 0.924. The monoisotopic (exact) mass is 333 g/mol. The standard InChI is InChI=1S/C24H15NO/c1-2-8-16-15(7-1)13-14-20-23(16)24-22(17-9-3-5-11-19(17)25-20)18-10-4-6-12-21(18)26-24/h1-14,25H. The van der Waals surface area contributed by atoms with Crippen molar-refractivity contribution in [2.45, 2.75) is 0 Å². The molecule has 5 aromatic rings. The summed E-state index contributed by atoms with van der Waals surface area (Å²) in [7, 11) is 0. The average Bonchev–Trinajstić information content (AvgIpc) is 3.00. The van der Waals surface area contributed by atoms with E-state index in [0.717, 1.165) is 33.7 Å². The molecule has 0 spiro atoms. The number of para-hydroxylation sites is 2. The highest BCUT2D eigenvalue weighted by Crippen LogP contribution is 2.50. The first-order chi connectivity index (χ1) is 12.9.